The highest BCUT2D eigenvalue weighted by molar-refractivity contribution is 7.27. The number of benzene rings is 7. The van der Waals surface area contributed by atoms with Gasteiger partial charge in [0.1, 0.15) is 0 Å². The van der Waals surface area contributed by atoms with Crippen molar-refractivity contribution in [3.63, 3.8) is 0 Å². The van der Waals surface area contributed by atoms with Crippen LogP contribution in [0.1, 0.15) is 22.7 Å². The molecule has 0 aliphatic rings. The molecule has 1 aromatic heterocycles. The molecule has 0 saturated heterocycles. The normalized spacial score (nSPS) is 11.8. The zero-order chi connectivity index (χ0) is 29.9. The fourth-order valence-corrected chi connectivity index (χ4v) is 7.29. The average molecular weight is 584 g/mol. The van der Waals surface area contributed by atoms with E-state index in [-0.39, 0.29) is 6.04 Å². The van der Waals surface area contributed by atoms with E-state index in [2.05, 4.69) is 134 Å². The molecule has 8 rings (SSSR count). The summed E-state index contributed by atoms with van der Waals surface area (Å²) >= 11 is 1.90. The second-order valence-electron chi connectivity index (χ2n) is 11.2. The molecule has 0 aliphatic carbocycles. The second kappa shape index (κ2) is 12.3. The first-order valence-electron chi connectivity index (χ1n) is 15.0. The minimum absolute atomic E-state index is 0.147. The molecule has 0 bridgehead atoms. The Balaban J connectivity index is 0.000000396. The quantitative estimate of drug-likeness (QED) is 0.219. The SMILES string of the molecule is Cc1ccccc1.NC(c1ccccc1)c1cccc(-c2cccc(-c3cccc4c3sc3c5ccccc5ccc43)c2)c1. The van der Waals surface area contributed by atoms with Gasteiger partial charge in [0, 0.05) is 20.2 Å². The standard InChI is InChI=1S/C35H25NS.C7H8/c36-33(24-10-2-1-3-11-24)28-15-7-13-26(22-28)25-12-6-14-27(21-25)30-17-8-18-31-32-20-19-23-9-4-5-16-29(23)34(32)37-35(30)31;1-7-5-3-2-4-6-7/h1-22,33H,36H2;2-6H,1H3. The van der Waals surface area contributed by atoms with Crippen LogP contribution in [0.15, 0.2) is 164 Å². The molecule has 0 saturated carbocycles. The Morgan fingerprint density at radius 3 is 1.82 bits per heavy atom. The molecule has 0 aliphatic heterocycles. The zero-order valence-electron chi connectivity index (χ0n) is 24.7. The fraction of sp³-hybridized carbons (Fsp3) is 0.0476. The van der Waals surface area contributed by atoms with Gasteiger partial charge in [0.05, 0.1) is 6.04 Å². The number of aryl methyl sites for hydroxylation is 1. The molecule has 0 radical (unpaired) electrons. The van der Waals surface area contributed by atoms with Crippen molar-refractivity contribution >= 4 is 42.3 Å². The van der Waals surface area contributed by atoms with Crippen molar-refractivity contribution in [3.8, 4) is 22.3 Å². The van der Waals surface area contributed by atoms with Gasteiger partial charge < -0.3 is 5.73 Å². The molecule has 212 valence electrons. The molecule has 0 fully saturated rings. The lowest BCUT2D eigenvalue weighted by Crippen LogP contribution is -2.11. The van der Waals surface area contributed by atoms with Gasteiger partial charge >= 0.3 is 0 Å². The topological polar surface area (TPSA) is 26.0 Å². The van der Waals surface area contributed by atoms with E-state index in [1.807, 2.05) is 47.7 Å². The first-order chi connectivity index (χ1) is 21.7. The molecule has 1 unspecified atom stereocenters. The average Bonchev–Trinajstić information content (AvgIpc) is 3.49. The largest absolute Gasteiger partial charge is 0.320 e. The minimum atomic E-state index is -0.147. The van der Waals surface area contributed by atoms with Crippen LogP contribution in [-0.4, -0.2) is 0 Å². The molecule has 1 nitrogen and oxygen atoms in total. The Hall–Kier alpha value is -5.02. The van der Waals surface area contributed by atoms with Crippen LogP contribution in [0, 0.1) is 6.92 Å². The summed E-state index contributed by atoms with van der Waals surface area (Å²) in [5.41, 5.74) is 15.1. The third-order valence-electron chi connectivity index (χ3n) is 8.24. The van der Waals surface area contributed by atoms with Crippen LogP contribution < -0.4 is 5.73 Å². The van der Waals surface area contributed by atoms with E-state index < -0.39 is 0 Å². The van der Waals surface area contributed by atoms with Gasteiger partial charge in [0.2, 0.25) is 0 Å². The van der Waals surface area contributed by atoms with E-state index in [0.717, 1.165) is 11.1 Å². The number of nitrogens with two attached hydrogens (primary N) is 1. The molecule has 2 heteroatoms. The lowest BCUT2D eigenvalue weighted by Gasteiger charge is -2.14. The summed E-state index contributed by atoms with van der Waals surface area (Å²) in [6, 6.07) is 57.8. The fourth-order valence-electron chi connectivity index (χ4n) is 5.92. The molecule has 2 N–H and O–H groups in total. The van der Waals surface area contributed by atoms with Gasteiger partial charge in [-0.15, -0.1) is 11.3 Å². The smallest absolute Gasteiger partial charge is 0.0551 e. The number of hydrogen-bond donors (Lipinski definition) is 1. The van der Waals surface area contributed by atoms with Crippen LogP contribution in [0.2, 0.25) is 0 Å². The van der Waals surface area contributed by atoms with Gasteiger partial charge in [-0.2, -0.15) is 0 Å². The molecule has 0 amide bonds. The molecule has 44 heavy (non-hydrogen) atoms. The monoisotopic (exact) mass is 583 g/mol. The Morgan fingerprint density at radius 1 is 0.455 bits per heavy atom. The zero-order valence-corrected chi connectivity index (χ0v) is 25.5. The van der Waals surface area contributed by atoms with Crippen molar-refractivity contribution in [1.29, 1.82) is 0 Å². The highest BCUT2D eigenvalue weighted by atomic mass is 32.1. The van der Waals surface area contributed by atoms with Crippen molar-refractivity contribution < 1.29 is 0 Å². The lowest BCUT2D eigenvalue weighted by molar-refractivity contribution is 0.872. The maximum absolute atomic E-state index is 6.62. The van der Waals surface area contributed by atoms with Crippen LogP contribution in [0.3, 0.4) is 0 Å². The number of hydrogen-bond acceptors (Lipinski definition) is 2. The van der Waals surface area contributed by atoms with Crippen LogP contribution in [0.5, 0.6) is 0 Å². The lowest BCUT2D eigenvalue weighted by atomic mass is 9.94. The Morgan fingerprint density at radius 2 is 1.05 bits per heavy atom. The Kier molecular flexibility index (Phi) is 7.77. The summed E-state index contributed by atoms with van der Waals surface area (Å²) in [5, 5.41) is 5.27. The van der Waals surface area contributed by atoms with E-state index in [0.29, 0.717) is 0 Å². The van der Waals surface area contributed by atoms with E-state index in [4.69, 9.17) is 5.73 Å². The number of fused-ring (bicyclic) bond motifs is 5. The highest BCUT2D eigenvalue weighted by Crippen LogP contribution is 2.43. The van der Waals surface area contributed by atoms with Crippen molar-refractivity contribution in [1.82, 2.24) is 0 Å². The molecular weight excluding hydrogens is 551 g/mol. The van der Waals surface area contributed by atoms with Gasteiger partial charge in [-0.3, -0.25) is 0 Å². The maximum atomic E-state index is 6.62. The van der Waals surface area contributed by atoms with Crippen LogP contribution in [-0.2, 0) is 0 Å². The Bertz CT molecular complexity index is 2200. The van der Waals surface area contributed by atoms with Gasteiger partial charge in [0.15, 0.2) is 0 Å². The van der Waals surface area contributed by atoms with Gasteiger partial charge in [-0.1, -0.05) is 157 Å². The van der Waals surface area contributed by atoms with E-state index in [9.17, 15) is 0 Å². The van der Waals surface area contributed by atoms with Gasteiger partial charge in [-0.25, -0.2) is 0 Å². The molecule has 8 aromatic rings. The minimum Gasteiger partial charge on any atom is -0.320 e. The second-order valence-corrected chi connectivity index (χ2v) is 12.2. The summed E-state index contributed by atoms with van der Waals surface area (Å²) in [5.74, 6) is 0. The predicted molar refractivity (Wildman–Crippen MR) is 191 cm³/mol. The first kappa shape index (κ1) is 27.8. The first-order valence-corrected chi connectivity index (χ1v) is 15.8. The van der Waals surface area contributed by atoms with Crippen LogP contribution in [0.25, 0.3) is 53.2 Å². The van der Waals surface area contributed by atoms with E-state index >= 15 is 0 Å². The van der Waals surface area contributed by atoms with Crippen molar-refractivity contribution in [3.05, 3.63) is 180 Å². The summed E-state index contributed by atoms with van der Waals surface area (Å²) in [4.78, 5) is 0. The Labute approximate surface area is 262 Å². The summed E-state index contributed by atoms with van der Waals surface area (Å²) in [6.45, 7) is 2.08. The number of rotatable bonds is 4. The van der Waals surface area contributed by atoms with E-state index in [1.54, 1.807) is 0 Å². The third kappa shape index (κ3) is 5.54. The molecule has 7 aromatic carbocycles. The predicted octanol–water partition coefficient (Wildman–Crippen LogP) is 11.6. The molecule has 1 heterocycles. The van der Waals surface area contributed by atoms with Crippen molar-refractivity contribution in [2.45, 2.75) is 13.0 Å². The highest BCUT2D eigenvalue weighted by Gasteiger charge is 2.14. The summed E-state index contributed by atoms with van der Waals surface area (Å²) in [6.07, 6.45) is 0. The molecular formula is C42H33NS. The third-order valence-corrected chi connectivity index (χ3v) is 9.53. The van der Waals surface area contributed by atoms with Crippen molar-refractivity contribution in [2.75, 3.05) is 0 Å². The summed E-state index contributed by atoms with van der Waals surface area (Å²) < 4.78 is 2.70. The van der Waals surface area contributed by atoms with Gasteiger partial charge in [-0.05, 0) is 63.2 Å². The molecule has 0 spiro atoms. The summed E-state index contributed by atoms with van der Waals surface area (Å²) in [7, 11) is 0. The van der Waals surface area contributed by atoms with Crippen molar-refractivity contribution in [2.24, 2.45) is 5.73 Å². The molecule has 1 atom stereocenters. The number of thiophene rings is 1. The maximum Gasteiger partial charge on any atom is 0.0551 e. The van der Waals surface area contributed by atoms with Gasteiger partial charge in [0.25, 0.3) is 0 Å². The van der Waals surface area contributed by atoms with Crippen LogP contribution in [0.4, 0.5) is 0 Å². The van der Waals surface area contributed by atoms with Crippen LogP contribution >= 0.6 is 11.3 Å². The van der Waals surface area contributed by atoms with E-state index in [1.165, 1.54) is 58.8 Å².